The molecule has 2 rings (SSSR count). The monoisotopic (exact) mass is 295 g/mol. The fourth-order valence-electron chi connectivity index (χ4n) is 2.76. The van der Waals surface area contributed by atoms with Gasteiger partial charge in [-0.25, -0.2) is 4.98 Å². The van der Waals surface area contributed by atoms with Gasteiger partial charge in [0, 0.05) is 30.4 Å². The van der Waals surface area contributed by atoms with Crippen LogP contribution in [0.1, 0.15) is 55.5 Å². The van der Waals surface area contributed by atoms with E-state index in [1.807, 2.05) is 17.2 Å². The number of hydrogen-bond acceptors (Lipinski definition) is 4. The number of thiazole rings is 1. The molecule has 1 aliphatic rings. The number of carbonyl (C=O) groups is 1. The highest BCUT2D eigenvalue weighted by atomic mass is 32.1. The molecule has 0 spiro atoms. The lowest BCUT2D eigenvalue weighted by atomic mass is 9.96. The van der Waals surface area contributed by atoms with Crippen molar-refractivity contribution in [3.63, 3.8) is 0 Å². The summed E-state index contributed by atoms with van der Waals surface area (Å²) < 4.78 is 0. The second-order valence-electron chi connectivity index (χ2n) is 6.15. The first-order chi connectivity index (χ1) is 9.49. The smallest absolute Gasteiger partial charge is 0.273 e. The highest BCUT2D eigenvalue weighted by Crippen LogP contribution is 2.23. The Balaban J connectivity index is 2.10. The lowest BCUT2D eigenvalue weighted by Crippen LogP contribution is -2.51. The van der Waals surface area contributed by atoms with E-state index in [1.54, 1.807) is 11.3 Å². The zero-order valence-electron chi connectivity index (χ0n) is 12.6. The van der Waals surface area contributed by atoms with E-state index in [-0.39, 0.29) is 18.0 Å². The van der Waals surface area contributed by atoms with Crippen molar-refractivity contribution in [1.29, 1.82) is 0 Å². The molecular weight excluding hydrogens is 270 g/mol. The molecule has 0 aromatic carbocycles. The fraction of sp³-hybridized carbons (Fsp3) is 0.733. The first-order valence-electron chi connectivity index (χ1n) is 7.50. The Hall–Kier alpha value is -0.940. The summed E-state index contributed by atoms with van der Waals surface area (Å²) >= 11 is 1.59. The quantitative estimate of drug-likeness (QED) is 0.929. The van der Waals surface area contributed by atoms with E-state index in [0.717, 1.165) is 37.2 Å². The Morgan fingerprint density at radius 2 is 2.25 bits per heavy atom. The van der Waals surface area contributed by atoms with Crippen molar-refractivity contribution in [3.05, 3.63) is 16.1 Å². The Kier molecular flexibility index (Phi) is 5.16. The molecule has 1 amide bonds. The summed E-state index contributed by atoms with van der Waals surface area (Å²) in [5.74, 6) is 0.620. The second kappa shape index (κ2) is 6.68. The number of aromatic nitrogens is 1. The van der Waals surface area contributed by atoms with Crippen molar-refractivity contribution in [2.45, 2.75) is 58.5 Å². The van der Waals surface area contributed by atoms with Crippen LogP contribution in [0.3, 0.4) is 0 Å². The van der Waals surface area contributed by atoms with Gasteiger partial charge in [-0.05, 0) is 32.1 Å². The predicted molar refractivity (Wildman–Crippen MR) is 83.0 cm³/mol. The zero-order chi connectivity index (χ0) is 14.7. The van der Waals surface area contributed by atoms with Crippen LogP contribution in [0, 0.1) is 5.92 Å². The normalized spacial score (nSPS) is 21.2. The van der Waals surface area contributed by atoms with Crippen LogP contribution in [-0.2, 0) is 6.42 Å². The average Bonchev–Trinajstić information content (AvgIpc) is 2.85. The van der Waals surface area contributed by atoms with Crippen LogP contribution in [0.2, 0.25) is 0 Å². The summed E-state index contributed by atoms with van der Waals surface area (Å²) in [6.07, 6.45) is 4.17. The van der Waals surface area contributed by atoms with Crippen molar-refractivity contribution < 1.29 is 4.79 Å². The molecule has 2 unspecified atom stereocenters. The minimum atomic E-state index is 0.0213. The molecular formula is C15H25N3OS. The van der Waals surface area contributed by atoms with Crippen molar-refractivity contribution in [2.24, 2.45) is 11.7 Å². The van der Waals surface area contributed by atoms with Crippen LogP contribution in [0.4, 0.5) is 0 Å². The molecule has 0 saturated carbocycles. The maximum absolute atomic E-state index is 12.6. The lowest BCUT2D eigenvalue weighted by molar-refractivity contribution is 0.0578. The first kappa shape index (κ1) is 15.4. The summed E-state index contributed by atoms with van der Waals surface area (Å²) in [4.78, 5) is 19.1. The second-order valence-corrected chi connectivity index (χ2v) is 7.09. The van der Waals surface area contributed by atoms with Gasteiger partial charge in [-0.15, -0.1) is 11.3 Å². The minimum Gasteiger partial charge on any atom is -0.333 e. The zero-order valence-corrected chi connectivity index (χ0v) is 13.4. The Morgan fingerprint density at radius 3 is 2.90 bits per heavy atom. The fourth-order valence-corrected chi connectivity index (χ4v) is 3.74. The Labute approximate surface area is 125 Å². The van der Waals surface area contributed by atoms with Crippen molar-refractivity contribution in [3.8, 4) is 0 Å². The van der Waals surface area contributed by atoms with E-state index in [4.69, 9.17) is 5.73 Å². The predicted octanol–water partition coefficient (Wildman–Crippen LogP) is 2.68. The third-order valence-corrected chi connectivity index (χ3v) is 4.64. The summed E-state index contributed by atoms with van der Waals surface area (Å²) in [6.45, 7) is 7.13. The molecule has 1 aromatic heterocycles. The van der Waals surface area contributed by atoms with Crippen LogP contribution in [0.25, 0.3) is 0 Å². The van der Waals surface area contributed by atoms with Gasteiger partial charge in [-0.2, -0.15) is 0 Å². The van der Waals surface area contributed by atoms with Gasteiger partial charge in [0.2, 0.25) is 0 Å². The van der Waals surface area contributed by atoms with E-state index in [0.29, 0.717) is 11.6 Å². The van der Waals surface area contributed by atoms with Crippen molar-refractivity contribution >= 4 is 17.2 Å². The number of carbonyl (C=O) groups excluding carboxylic acids is 1. The van der Waals surface area contributed by atoms with Crippen LogP contribution < -0.4 is 5.73 Å². The number of nitrogens with two attached hydrogens (primary N) is 1. The maximum Gasteiger partial charge on any atom is 0.273 e. The van der Waals surface area contributed by atoms with Gasteiger partial charge in [0.05, 0.1) is 5.01 Å². The molecule has 4 nitrogen and oxygen atoms in total. The van der Waals surface area contributed by atoms with Crippen molar-refractivity contribution in [2.75, 3.05) is 6.54 Å². The molecule has 1 aromatic rings. The molecule has 1 saturated heterocycles. The average molecular weight is 295 g/mol. The number of piperidine rings is 1. The summed E-state index contributed by atoms with van der Waals surface area (Å²) in [5.41, 5.74) is 6.63. The van der Waals surface area contributed by atoms with Gasteiger partial charge in [0.15, 0.2) is 0 Å². The van der Waals surface area contributed by atoms with E-state index in [9.17, 15) is 4.79 Å². The molecule has 2 N–H and O–H groups in total. The standard InChI is InChI=1S/C15H25N3OS/c1-10(2)8-14-17-12(9-20-14)15(19)18-7-5-4-6-13(18)11(3)16/h9-11,13H,4-8,16H2,1-3H3. The maximum atomic E-state index is 12.6. The summed E-state index contributed by atoms with van der Waals surface area (Å²) in [7, 11) is 0. The summed E-state index contributed by atoms with van der Waals surface area (Å²) in [6, 6.07) is 0.180. The van der Waals surface area contributed by atoms with Gasteiger partial charge in [-0.1, -0.05) is 13.8 Å². The minimum absolute atomic E-state index is 0.0213. The molecule has 2 heterocycles. The van der Waals surface area contributed by atoms with E-state index >= 15 is 0 Å². The molecule has 2 atom stereocenters. The van der Waals surface area contributed by atoms with Gasteiger partial charge in [-0.3, -0.25) is 4.79 Å². The topological polar surface area (TPSA) is 59.2 Å². The molecule has 1 fully saturated rings. The summed E-state index contributed by atoms with van der Waals surface area (Å²) in [5, 5.41) is 2.95. The van der Waals surface area contributed by atoms with Crippen LogP contribution in [0.15, 0.2) is 5.38 Å². The molecule has 0 radical (unpaired) electrons. The number of nitrogens with zero attached hydrogens (tertiary/aromatic N) is 2. The number of hydrogen-bond donors (Lipinski definition) is 1. The molecule has 112 valence electrons. The van der Waals surface area contributed by atoms with Gasteiger partial charge in [0.25, 0.3) is 5.91 Å². The highest BCUT2D eigenvalue weighted by Gasteiger charge is 2.30. The molecule has 1 aliphatic heterocycles. The third-order valence-electron chi connectivity index (χ3n) is 3.77. The first-order valence-corrected chi connectivity index (χ1v) is 8.38. The van der Waals surface area contributed by atoms with Crippen LogP contribution in [-0.4, -0.2) is 34.4 Å². The van der Waals surface area contributed by atoms with E-state index in [2.05, 4.69) is 18.8 Å². The van der Waals surface area contributed by atoms with Crippen molar-refractivity contribution in [1.82, 2.24) is 9.88 Å². The molecule has 20 heavy (non-hydrogen) atoms. The van der Waals surface area contributed by atoms with Gasteiger partial charge in [0.1, 0.15) is 5.69 Å². The lowest BCUT2D eigenvalue weighted by Gasteiger charge is -2.37. The van der Waals surface area contributed by atoms with Gasteiger partial charge >= 0.3 is 0 Å². The number of rotatable bonds is 4. The van der Waals surface area contributed by atoms with Crippen LogP contribution in [0.5, 0.6) is 0 Å². The Bertz CT molecular complexity index is 456. The number of amides is 1. The van der Waals surface area contributed by atoms with Crippen LogP contribution >= 0.6 is 11.3 Å². The van der Waals surface area contributed by atoms with E-state index in [1.165, 1.54) is 0 Å². The van der Waals surface area contributed by atoms with E-state index < -0.39 is 0 Å². The van der Waals surface area contributed by atoms with Gasteiger partial charge < -0.3 is 10.6 Å². The molecule has 0 aliphatic carbocycles. The SMILES string of the molecule is CC(C)Cc1nc(C(=O)N2CCCCC2C(C)N)cs1. The molecule has 0 bridgehead atoms. The molecule has 5 heteroatoms. The Morgan fingerprint density at radius 1 is 1.50 bits per heavy atom. The largest absolute Gasteiger partial charge is 0.333 e. The third kappa shape index (κ3) is 3.58. The number of likely N-dealkylation sites (tertiary alicyclic amines) is 1. The highest BCUT2D eigenvalue weighted by molar-refractivity contribution is 7.09.